The number of amides is 2. The van der Waals surface area contributed by atoms with Crippen LogP contribution in [0.1, 0.15) is 29.4 Å². The van der Waals surface area contributed by atoms with Crippen LogP contribution in [0, 0.1) is 5.82 Å². The molecule has 152 valence electrons. The van der Waals surface area contributed by atoms with Crippen LogP contribution in [0.25, 0.3) is 0 Å². The molecular formula is C19H20FN5O3S. The first-order chi connectivity index (χ1) is 13.8. The highest BCUT2D eigenvalue weighted by Gasteiger charge is 2.32. The summed E-state index contributed by atoms with van der Waals surface area (Å²) in [7, 11) is 0. The minimum absolute atomic E-state index is 0.129. The van der Waals surface area contributed by atoms with Crippen LogP contribution < -0.4 is 21.5 Å². The van der Waals surface area contributed by atoms with Crippen LogP contribution in [0.3, 0.4) is 0 Å². The maximum atomic E-state index is 14.5. The van der Waals surface area contributed by atoms with E-state index in [1.54, 1.807) is 6.07 Å². The number of nitrogens with zero attached hydrogens (tertiary/aromatic N) is 2. The van der Waals surface area contributed by atoms with Crippen LogP contribution in [0.2, 0.25) is 0 Å². The van der Waals surface area contributed by atoms with Crippen molar-refractivity contribution in [2.75, 3.05) is 17.7 Å². The number of rotatable bonds is 6. The summed E-state index contributed by atoms with van der Waals surface area (Å²) in [6, 6.07) is 7.26. The maximum Gasteiger partial charge on any atom is 0.274 e. The first-order valence-corrected chi connectivity index (χ1v) is 9.72. The number of hydrogen-bond donors (Lipinski definition) is 3. The van der Waals surface area contributed by atoms with Gasteiger partial charge in [0.1, 0.15) is 17.3 Å². The fraction of sp³-hybridized carbons (Fsp3) is 0.263. The standard InChI is InChI=1S/C19H20FN5O3S/c1-19(6-7-29-18(22)25-19)13-8-11(2-4-14(13)20)24-17(27)15-5-3-12(9-23-15)28-10-16(21)26/h2-5,8-9H,6-7,10H2,1H3,(H2,21,26)(H2,22,25)(H,24,27)/t19-/m0/s1. The zero-order valence-corrected chi connectivity index (χ0v) is 16.5. The highest BCUT2D eigenvalue weighted by Crippen LogP contribution is 2.37. The van der Waals surface area contributed by atoms with Crippen molar-refractivity contribution in [1.29, 1.82) is 0 Å². The fourth-order valence-electron chi connectivity index (χ4n) is 2.85. The van der Waals surface area contributed by atoms with E-state index in [0.29, 0.717) is 28.6 Å². The largest absolute Gasteiger partial charge is 0.482 e. The lowest BCUT2D eigenvalue weighted by molar-refractivity contribution is -0.119. The fourth-order valence-corrected chi connectivity index (χ4v) is 3.82. The van der Waals surface area contributed by atoms with E-state index in [1.165, 1.54) is 42.2 Å². The number of ether oxygens (including phenoxy) is 1. The smallest absolute Gasteiger partial charge is 0.274 e. The van der Waals surface area contributed by atoms with Gasteiger partial charge in [0.15, 0.2) is 11.8 Å². The summed E-state index contributed by atoms with van der Waals surface area (Å²) in [5, 5.41) is 3.11. The van der Waals surface area contributed by atoms with Gasteiger partial charge < -0.3 is 21.5 Å². The van der Waals surface area contributed by atoms with E-state index in [1.807, 2.05) is 6.92 Å². The van der Waals surface area contributed by atoms with Crippen LogP contribution in [0.15, 0.2) is 41.5 Å². The summed E-state index contributed by atoms with van der Waals surface area (Å²) in [4.78, 5) is 31.6. The molecule has 0 aliphatic carbocycles. The van der Waals surface area contributed by atoms with Gasteiger partial charge in [-0.3, -0.25) is 14.6 Å². The topological polar surface area (TPSA) is 133 Å². The third kappa shape index (κ3) is 5.02. The first kappa shape index (κ1) is 20.6. The molecule has 0 bridgehead atoms. The van der Waals surface area contributed by atoms with E-state index in [9.17, 15) is 14.0 Å². The van der Waals surface area contributed by atoms with Gasteiger partial charge in [-0.2, -0.15) is 0 Å². The summed E-state index contributed by atoms with van der Waals surface area (Å²) in [5.74, 6) is -0.465. The minimum Gasteiger partial charge on any atom is -0.482 e. The molecule has 1 aromatic carbocycles. The zero-order chi connectivity index (χ0) is 21.0. The number of amidine groups is 1. The summed E-state index contributed by atoms with van der Waals surface area (Å²) in [5.41, 5.74) is 10.9. The molecule has 29 heavy (non-hydrogen) atoms. The zero-order valence-electron chi connectivity index (χ0n) is 15.6. The molecule has 2 aromatic rings. The van der Waals surface area contributed by atoms with E-state index in [4.69, 9.17) is 16.2 Å². The summed E-state index contributed by atoms with van der Waals surface area (Å²) in [6.07, 6.45) is 1.94. The number of benzene rings is 1. The lowest BCUT2D eigenvalue weighted by atomic mass is 9.89. The highest BCUT2D eigenvalue weighted by molar-refractivity contribution is 8.13. The molecule has 0 fully saturated rings. The molecule has 1 aliphatic heterocycles. The number of hydrogen-bond acceptors (Lipinski definition) is 7. The number of nitrogens with two attached hydrogens (primary N) is 2. The van der Waals surface area contributed by atoms with Crippen molar-refractivity contribution in [3.8, 4) is 5.75 Å². The Hall–Kier alpha value is -3.14. The first-order valence-electron chi connectivity index (χ1n) is 8.73. The molecule has 0 saturated heterocycles. The Bertz CT molecular complexity index is 967. The lowest BCUT2D eigenvalue weighted by Gasteiger charge is -2.30. The van der Waals surface area contributed by atoms with Gasteiger partial charge >= 0.3 is 0 Å². The van der Waals surface area contributed by atoms with E-state index in [2.05, 4.69) is 15.3 Å². The molecule has 1 aliphatic rings. The average molecular weight is 417 g/mol. The molecule has 1 aromatic heterocycles. The Kier molecular flexibility index (Phi) is 6.02. The minimum atomic E-state index is -0.794. The van der Waals surface area contributed by atoms with Crippen molar-refractivity contribution in [3.63, 3.8) is 0 Å². The molecule has 2 amide bonds. The normalized spacial score (nSPS) is 18.6. The average Bonchev–Trinajstić information content (AvgIpc) is 2.68. The number of anilines is 1. The quantitative estimate of drug-likeness (QED) is 0.658. The van der Waals surface area contributed by atoms with Gasteiger partial charge in [-0.1, -0.05) is 11.8 Å². The van der Waals surface area contributed by atoms with Crippen LogP contribution in [-0.2, 0) is 10.3 Å². The predicted molar refractivity (Wildman–Crippen MR) is 109 cm³/mol. The van der Waals surface area contributed by atoms with Crippen molar-refractivity contribution in [3.05, 3.63) is 53.6 Å². The SMILES string of the molecule is C[C@@]1(c2cc(NC(=O)c3ccc(OCC(N)=O)cn3)ccc2F)CCSC(N)=N1. The van der Waals surface area contributed by atoms with Crippen molar-refractivity contribution in [1.82, 2.24) is 4.98 Å². The molecular weight excluding hydrogens is 397 g/mol. The molecule has 1 atom stereocenters. The van der Waals surface area contributed by atoms with Crippen molar-refractivity contribution >= 4 is 34.4 Å². The number of pyridine rings is 1. The van der Waals surface area contributed by atoms with Gasteiger partial charge in [-0.25, -0.2) is 9.37 Å². The Morgan fingerprint density at radius 1 is 1.34 bits per heavy atom. The molecule has 10 heteroatoms. The Morgan fingerprint density at radius 3 is 2.79 bits per heavy atom. The van der Waals surface area contributed by atoms with Crippen LogP contribution in [0.4, 0.5) is 10.1 Å². The molecule has 0 spiro atoms. The number of primary amides is 1. The van der Waals surface area contributed by atoms with E-state index < -0.39 is 23.2 Å². The summed E-state index contributed by atoms with van der Waals surface area (Å²) < 4.78 is 19.6. The summed E-state index contributed by atoms with van der Waals surface area (Å²) in [6.45, 7) is 1.53. The molecule has 3 rings (SSSR count). The monoisotopic (exact) mass is 417 g/mol. The van der Waals surface area contributed by atoms with Gasteiger partial charge in [0, 0.05) is 17.0 Å². The number of carbonyl (C=O) groups excluding carboxylic acids is 2. The molecule has 8 nitrogen and oxygen atoms in total. The Morgan fingerprint density at radius 2 is 2.14 bits per heavy atom. The van der Waals surface area contributed by atoms with Gasteiger partial charge in [0.25, 0.3) is 11.8 Å². The van der Waals surface area contributed by atoms with Crippen molar-refractivity contribution in [2.45, 2.75) is 18.9 Å². The second kappa shape index (κ2) is 8.48. The second-order valence-electron chi connectivity index (χ2n) is 6.61. The van der Waals surface area contributed by atoms with Gasteiger partial charge in [0.05, 0.1) is 11.7 Å². The predicted octanol–water partition coefficient (Wildman–Crippen LogP) is 2.00. The number of aromatic nitrogens is 1. The number of aliphatic imine (C=N–C) groups is 1. The molecule has 2 heterocycles. The van der Waals surface area contributed by atoms with Crippen molar-refractivity contribution in [2.24, 2.45) is 16.5 Å². The number of carbonyl (C=O) groups is 2. The molecule has 5 N–H and O–H groups in total. The third-order valence-corrected chi connectivity index (χ3v) is 5.15. The van der Waals surface area contributed by atoms with E-state index >= 15 is 0 Å². The second-order valence-corrected chi connectivity index (χ2v) is 7.72. The number of nitrogens with one attached hydrogen (secondary N) is 1. The van der Waals surface area contributed by atoms with E-state index in [-0.39, 0.29) is 12.3 Å². The lowest BCUT2D eigenvalue weighted by Crippen LogP contribution is -2.29. The van der Waals surface area contributed by atoms with Crippen LogP contribution >= 0.6 is 11.8 Å². The van der Waals surface area contributed by atoms with Gasteiger partial charge in [0.2, 0.25) is 0 Å². The maximum absolute atomic E-state index is 14.5. The summed E-state index contributed by atoms with van der Waals surface area (Å²) >= 11 is 1.43. The molecule has 0 saturated carbocycles. The van der Waals surface area contributed by atoms with Crippen LogP contribution in [-0.4, -0.2) is 34.3 Å². The number of thioether (sulfide) groups is 1. The molecule has 0 unspecified atom stereocenters. The Labute approximate surface area is 170 Å². The third-order valence-electron chi connectivity index (χ3n) is 4.35. The highest BCUT2D eigenvalue weighted by atomic mass is 32.2. The number of halogens is 1. The van der Waals surface area contributed by atoms with Crippen LogP contribution in [0.5, 0.6) is 5.75 Å². The van der Waals surface area contributed by atoms with Crippen molar-refractivity contribution < 1.29 is 18.7 Å². The molecule has 0 radical (unpaired) electrons. The van der Waals surface area contributed by atoms with Gasteiger partial charge in [-0.05, 0) is 43.7 Å². The van der Waals surface area contributed by atoms with Gasteiger partial charge in [-0.15, -0.1) is 0 Å². The van der Waals surface area contributed by atoms with E-state index in [0.717, 1.165) is 5.75 Å². The Balaban J connectivity index is 1.76.